The Bertz CT molecular complexity index is 2030. The molecule has 3 rings (SSSR count). The predicted molar refractivity (Wildman–Crippen MR) is 236 cm³/mol. The number of unbranched alkanes of at least 4 members (excludes halogenated alkanes) is 2. The maximum Gasteiger partial charge on any atom is 0.326 e. The van der Waals surface area contributed by atoms with Gasteiger partial charge in [0.15, 0.2) is 0 Å². The van der Waals surface area contributed by atoms with Crippen LogP contribution in [-0.2, 0) is 51.2 Å². The summed E-state index contributed by atoms with van der Waals surface area (Å²) in [6.45, 7) is 0.0960. The maximum atomic E-state index is 14.1. The number of aromatic nitrogens is 1. The highest BCUT2D eigenvalue weighted by Gasteiger charge is 2.33. The number of carboxylic acid groups (broad SMARTS) is 1. The van der Waals surface area contributed by atoms with E-state index in [4.69, 9.17) is 22.9 Å². The number of carboxylic acids is 1. The number of nitrogens with two attached hydrogens (primary N) is 4. The lowest BCUT2D eigenvalue weighted by Crippen LogP contribution is -2.60. The fraction of sp³-hybridized carbons (Fsp3) is 0.463. The molecule has 0 bridgehead atoms. The molecule has 1 aromatic heterocycles. The van der Waals surface area contributed by atoms with Gasteiger partial charge in [-0.3, -0.25) is 33.6 Å². The zero-order valence-corrected chi connectivity index (χ0v) is 35.7. The summed E-state index contributed by atoms with van der Waals surface area (Å²) in [6.07, 6.45) is 3.23. The largest absolute Gasteiger partial charge is 0.508 e. The molecule has 1 heterocycles. The molecule has 0 saturated heterocycles. The van der Waals surface area contributed by atoms with Crippen molar-refractivity contribution in [3.63, 3.8) is 0 Å². The molecule has 0 spiro atoms. The van der Waals surface area contributed by atoms with Crippen molar-refractivity contribution < 1.29 is 48.6 Å². The first kappa shape index (κ1) is 51.1. The average molecular weight is 898 g/mol. The normalized spacial score (nSPS) is 13.9. The number of aromatic amines is 1. The van der Waals surface area contributed by atoms with Crippen molar-refractivity contribution in [3.8, 4) is 5.75 Å². The van der Waals surface area contributed by atoms with Crippen molar-refractivity contribution in [2.45, 2.75) is 94.0 Å². The van der Waals surface area contributed by atoms with Crippen LogP contribution in [0.15, 0.2) is 54.7 Å². The van der Waals surface area contributed by atoms with Crippen LogP contribution >= 0.6 is 12.6 Å². The Morgan fingerprint density at radius 1 is 0.667 bits per heavy atom. The second-order valence-electron chi connectivity index (χ2n) is 14.9. The number of benzene rings is 2. The minimum absolute atomic E-state index is 0.0581. The third kappa shape index (κ3) is 17.2. The number of rotatable bonds is 28. The van der Waals surface area contributed by atoms with E-state index in [1.54, 1.807) is 30.5 Å². The molecule has 0 radical (unpaired) electrons. The highest BCUT2D eigenvalue weighted by Crippen LogP contribution is 2.20. The topological polar surface area (TPSA) is 369 Å². The number of aliphatic carboxylic acids is 1. The van der Waals surface area contributed by atoms with Crippen molar-refractivity contribution >= 4 is 70.9 Å². The number of para-hydroxylation sites is 1. The summed E-state index contributed by atoms with van der Waals surface area (Å²) in [5.41, 5.74) is 24.3. The van der Waals surface area contributed by atoms with E-state index in [0.29, 0.717) is 49.9 Å². The van der Waals surface area contributed by atoms with Gasteiger partial charge in [0.05, 0.1) is 19.0 Å². The monoisotopic (exact) mass is 897 g/mol. The number of nitrogens with one attached hydrogen (secondary N) is 7. The van der Waals surface area contributed by atoms with Gasteiger partial charge in [-0.2, -0.15) is 12.6 Å². The molecule has 3 aromatic rings. The molecule has 0 saturated carbocycles. The highest BCUT2D eigenvalue weighted by molar-refractivity contribution is 7.80. The summed E-state index contributed by atoms with van der Waals surface area (Å²) in [5, 5.41) is 35.0. The quantitative estimate of drug-likeness (QED) is 0.0269. The third-order valence-corrected chi connectivity index (χ3v) is 10.3. The van der Waals surface area contributed by atoms with E-state index in [1.165, 1.54) is 24.3 Å². The molecule has 17 N–H and O–H groups in total. The van der Waals surface area contributed by atoms with E-state index in [1.807, 2.05) is 0 Å². The molecule has 22 heteroatoms. The zero-order chi connectivity index (χ0) is 46.5. The number of carbonyl (C=O) groups is 8. The Morgan fingerprint density at radius 2 is 1.24 bits per heavy atom. The lowest BCUT2D eigenvalue weighted by atomic mass is 10.0. The van der Waals surface area contributed by atoms with E-state index in [-0.39, 0.29) is 37.2 Å². The molecular formula is C41H59N11O10S. The number of primary amides is 1. The number of hydrogen-bond donors (Lipinski definition) is 14. The van der Waals surface area contributed by atoms with Crippen LogP contribution in [0.25, 0.3) is 10.9 Å². The SMILES string of the molecule is NCCCCC(N)C(=O)NC(CC(N)=O)C(=O)NC(Cc1c[nH]c2ccccc12)C(=O)NC(CS)C(=O)NC(Cc1ccc(O)cc1)C(=O)NCC(=O)NC(CCCCN)C(=O)O. The van der Waals surface area contributed by atoms with E-state index in [0.717, 1.165) is 10.9 Å². The van der Waals surface area contributed by atoms with Gasteiger partial charge in [-0.15, -0.1) is 0 Å². The number of phenolic OH excluding ortho intramolecular Hbond substituents is 1. The van der Waals surface area contributed by atoms with Crippen LogP contribution in [-0.4, -0.2) is 124 Å². The molecule has 0 aliphatic heterocycles. The number of thiol groups is 1. The molecule has 6 atom stereocenters. The molecule has 6 unspecified atom stereocenters. The van der Waals surface area contributed by atoms with Crippen LogP contribution in [0.2, 0.25) is 0 Å². The number of amides is 7. The smallest absolute Gasteiger partial charge is 0.326 e. The Hall–Kier alpha value is -6.23. The van der Waals surface area contributed by atoms with Gasteiger partial charge >= 0.3 is 5.97 Å². The van der Waals surface area contributed by atoms with Gasteiger partial charge in [0.1, 0.15) is 36.0 Å². The summed E-state index contributed by atoms with van der Waals surface area (Å²) in [6, 6.07) is 4.94. The van der Waals surface area contributed by atoms with Crippen LogP contribution in [0.4, 0.5) is 0 Å². The standard InChI is InChI=1S/C41H59N11O10S/c42-15-5-3-8-27(44)36(56)49-32(19-34(45)54)39(59)51-31(18-24-20-46-28-9-2-1-7-26(24)28)38(58)52-33(22-63)40(60)50-30(17-23-11-13-25(53)14-12-23)37(57)47-21-35(55)48-29(41(61)62)10-4-6-16-43/h1-2,7,9,11-14,20,27,29-33,46,53,63H,3-6,8,10,15-19,21-22,42-44H2,(H2,45,54)(H,47,57)(H,48,55)(H,49,56)(H,50,60)(H,51,59)(H,52,58)(H,61,62). The van der Waals surface area contributed by atoms with Crippen molar-refractivity contribution in [1.82, 2.24) is 36.9 Å². The fourth-order valence-corrected chi connectivity index (χ4v) is 6.69. The molecule has 7 amide bonds. The van der Waals surface area contributed by atoms with Crippen molar-refractivity contribution in [3.05, 3.63) is 65.9 Å². The van der Waals surface area contributed by atoms with E-state index in [2.05, 4.69) is 49.5 Å². The number of H-pyrrole nitrogens is 1. The van der Waals surface area contributed by atoms with Crippen molar-refractivity contribution in [2.75, 3.05) is 25.4 Å². The van der Waals surface area contributed by atoms with E-state index >= 15 is 0 Å². The summed E-state index contributed by atoms with van der Waals surface area (Å²) >= 11 is 4.27. The van der Waals surface area contributed by atoms with E-state index in [9.17, 15) is 48.6 Å². The van der Waals surface area contributed by atoms with Gasteiger partial charge < -0.3 is 70.0 Å². The van der Waals surface area contributed by atoms with Crippen LogP contribution in [0.1, 0.15) is 56.1 Å². The Kier molecular flexibility index (Phi) is 21.3. The molecule has 344 valence electrons. The molecular weight excluding hydrogens is 839 g/mol. The second kappa shape index (κ2) is 26.3. The minimum atomic E-state index is -1.52. The molecule has 63 heavy (non-hydrogen) atoms. The second-order valence-corrected chi connectivity index (χ2v) is 15.2. The Labute approximate surface area is 369 Å². The van der Waals surface area contributed by atoms with E-state index < -0.39 is 96.5 Å². The average Bonchev–Trinajstić information content (AvgIpc) is 3.66. The van der Waals surface area contributed by atoms with Crippen LogP contribution in [0, 0.1) is 0 Å². The number of phenols is 1. The third-order valence-electron chi connectivity index (χ3n) is 9.90. The lowest BCUT2D eigenvalue weighted by molar-refractivity contribution is -0.142. The summed E-state index contributed by atoms with van der Waals surface area (Å²) in [7, 11) is 0. The van der Waals surface area contributed by atoms with Gasteiger partial charge in [-0.1, -0.05) is 36.8 Å². The molecule has 0 fully saturated rings. The van der Waals surface area contributed by atoms with Crippen LogP contribution < -0.4 is 54.8 Å². The summed E-state index contributed by atoms with van der Waals surface area (Å²) < 4.78 is 0. The summed E-state index contributed by atoms with van der Waals surface area (Å²) in [4.78, 5) is 108. The maximum absolute atomic E-state index is 14.1. The van der Waals surface area contributed by atoms with Crippen LogP contribution in [0.5, 0.6) is 5.75 Å². The van der Waals surface area contributed by atoms with Crippen molar-refractivity contribution in [1.29, 1.82) is 0 Å². The van der Waals surface area contributed by atoms with Gasteiger partial charge in [0.2, 0.25) is 41.4 Å². The number of aromatic hydroxyl groups is 1. The number of fused-ring (bicyclic) bond motifs is 1. The number of carbonyl (C=O) groups excluding carboxylic acids is 7. The minimum Gasteiger partial charge on any atom is -0.508 e. The van der Waals surface area contributed by atoms with Gasteiger partial charge in [-0.25, -0.2) is 4.79 Å². The highest BCUT2D eigenvalue weighted by atomic mass is 32.1. The first-order chi connectivity index (χ1) is 30.1. The van der Waals surface area contributed by atoms with Gasteiger partial charge in [-0.05, 0) is 74.5 Å². The molecule has 0 aliphatic carbocycles. The number of hydrogen-bond acceptors (Lipinski definition) is 13. The molecule has 21 nitrogen and oxygen atoms in total. The Morgan fingerprint density at radius 3 is 1.86 bits per heavy atom. The predicted octanol–water partition coefficient (Wildman–Crippen LogP) is -2.33. The first-order valence-corrected chi connectivity index (χ1v) is 21.1. The first-order valence-electron chi connectivity index (χ1n) is 20.5. The molecule has 0 aliphatic rings. The zero-order valence-electron chi connectivity index (χ0n) is 34.8. The van der Waals surface area contributed by atoms with Gasteiger partial charge in [0.25, 0.3) is 0 Å². The fourth-order valence-electron chi connectivity index (χ4n) is 6.43. The van der Waals surface area contributed by atoms with Gasteiger partial charge in [0, 0.05) is 35.7 Å². The van der Waals surface area contributed by atoms with Crippen molar-refractivity contribution in [2.24, 2.45) is 22.9 Å². The van der Waals surface area contributed by atoms with Crippen LogP contribution in [0.3, 0.4) is 0 Å². The Balaban J connectivity index is 1.84. The summed E-state index contributed by atoms with van der Waals surface area (Å²) in [5.74, 6) is -7.61. The molecule has 2 aromatic carbocycles. The lowest BCUT2D eigenvalue weighted by Gasteiger charge is -2.26.